The van der Waals surface area contributed by atoms with Gasteiger partial charge in [-0.3, -0.25) is 9.69 Å². The van der Waals surface area contributed by atoms with Gasteiger partial charge in [-0.2, -0.15) is 0 Å². The monoisotopic (exact) mass is 459 g/mol. The van der Waals surface area contributed by atoms with Gasteiger partial charge in [0, 0.05) is 19.7 Å². The number of benzene rings is 3. The fourth-order valence-corrected chi connectivity index (χ4v) is 9.10. The number of hydrogen-bond acceptors (Lipinski definition) is 4. The van der Waals surface area contributed by atoms with Gasteiger partial charge in [0.05, 0.1) is 0 Å². The number of ether oxygens (including phenoxy) is 1. The highest BCUT2D eigenvalue weighted by atomic mass is 28.4. The van der Waals surface area contributed by atoms with E-state index in [4.69, 9.17) is 9.16 Å². The number of nitrogens with zero attached hydrogens (tertiary/aromatic N) is 1. The third-order valence-electron chi connectivity index (χ3n) is 6.32. The Balaban J connectivity index is 1.42. The van der Waals surface area contributed by atoms with Crippen LogP contribution in [0.3, 0.4) is 0 Å². The van der Waals surface area contributed by atoms with Crippen LogP contribution >= 0.6 is 0 Å². The van der Waals surface area contributed by atoms with E-state index in [-0.39, 0.29) is 17.0 Å². The number of carbonyl (C=O) groups is 1. The minimum Gasteiger partial charge on any atom is -0.460 e. The maximum absolute atomic E-state index is 12.5. The molecule has 2 atom stereocenters. The second-order valence-corrected chi connectivity index (χ2v) is 13.9. The third kappa shape index (κ3) is 5.27. The van der Waals surface area contributed by atoms with E-state index in [1.54, 1.807) is 0 Å². The van der Waals surface area contributed by atoms with Crippen molar-refractivity contribution in [2.45, 2.75) is 38.5 Å². The van der Waals surface area contributed by atoms with E-state index in [2.05, 4.69) is 86.3 Å². The molecule has 0 spiro atoms. The molecule has 4 nitrogen and oxygen atoms in total. The van der Waals surface area contributed by atoms with Crippen molar-refractivity contribution in [2.24, 2.45) is 0 Å². The highest BCUT2D eigenvalue weighted by Crippen LogP contribution is 2.36. The third-order valence-corrected chi connectivity index (χ3v) is 11.4. The standard InChI is InChI=1S/C28H33NO3Si/c1-28(2,3)33(24-15-9-5-10-16-24,25-17-11-6-12-18-25)32-20-19-29-21-26(29)27(30)31-22-23-13-7-4-8-14-23/h4-18,26H,19-22H2,1-3H3/t26?,29-/m1/s1. The summed E-state index contributed by atoms with van der Waals surface area (Å²) in [6.07, 6.45) is 0. The van der Waals surface area contributed by atoms with E-state index < -0.39 is 8.32 Å². The molecule has 0 bridgehead atoms. The van der Waals surface area contributed by atoms with Crippen molar-refractivity contribution in [2.75, 3.05) is 19.7 Å². The summed E-state index contributed by atoms with van der Waals surface area (Å²) in [7, 11) is -2.54. The summed E-state index contributed by atoms with van der Waals surface area (Å²) in [4.78, 5) is 14.6. The predicted octanol–water partition coefficient (Wildman–Crippen LogP) is 3.99. The Morgan fingerprint density at radius 3 is 1.91 bits per heavy atom. The molecule has 172 valence electrons. The van der Waals surface area contributed by atoms with Crippen molar-refractivity contribution in [3.8, 4) is 0 Å². The quantitative estimate of drug-likeness (QED) is 0.276. The smallest absolute Gasteiger partial charge is 0.325 e. The highest BCUT2D eigenvalue weighted by Gasteiger charge is 2.50. The first-order valence-electron chi connectivity index (χ1n) is 11.6. The van der Waals surface area contributed by atoms with Gasteiger partial charge in [-0.15, -0.1) is 0 Å². The topological polar surface area (TPSA) is 38.5 Å². The van der Waals surface area contributed by atoms with Crippen molar-refractivity contribution >= 4 is 24.7 Å². The molecule has 0 aliphatic carbocycles. The molecule has 1 aliphatic heterocycles. The maximum atomic E-state index is 12.5. The first-order chi connectivity index (χ1) is 15.9. The second kappa shape index (κ2) is 10.0. The van der Waals surface area contributed by atoms with Gasteiger partial charge in [0.2, 0.25) is 0 Å². The summed E-state index contributed by atoms with van der Waals surface area (Å²) in [5.41, 5.74) is 1.01. The fraction of sp³-hybridized carbons (Fsp3) is 0.321. The largest absolute Gasteiger partial charge is 0.460 e. The van der Waals surface area contributed by atoms with Crippen molar-refractivity contribution in [1.82, 2.24) is 4.90 Å². The number of carbonyl (C=O) groups excluding carboxylic acids is 1. The van der Waals surface area contributed by atoms with E-state index in [9.17, 15) is 4.79 Å². The lowest BCUT2D eigenvalue weighted by atomic mass is 10.2. The summed E-state index contributed by atoms with van der Waals surface area (Å²) in [5, 5.41) is 2.49. The number of esters is 1. The van der Waals surface area contributed by atoms with Gasteiger partial charge in [0.1, 0.15) is 12.6 Å². The van der Waals surface area contributed by atoms with Crippen molar-refractivity contribution in [3.05, 3.63) is 96.6 Å². The van der Waals surface area contributed by atoms with Gasteiger partial charge >= 0.3 is 5.97 Å². The lowest BCUT2D eigenvalue weighted by Crippen LogP contribution is -2.66. The molecule has 0 aromatic heterocycles. The minimum absolute atomic E-state index is 0.0530. The van der Waals surface area contributed by atoms with Crippen molar-refractivity contribution < 1.29 is 14.0 Å². The average molecular weight is 460 g/mol. The molecule has 0 radical (unpaired) electrons. The lowest BCUT2D eigenvalue weighted by Gasteiger charge is -2.43. The van der Waals surface area contributed by atoms with Gasteiger partial charge in [-0.25, -0.2) is 0 Å². The predicted molar refractivity (Wildman–Crippen MR) is 135 cm³/mol. The molecule has 5 heteroatoms. The molecule has 0 N–H and O–H groups in total. The van der Waals surface area contributed by atoms with Crippen LogP contribution in [0.2, 0.25) is 5.04 Å². The SMILES string of the molecule is CC(C)(C)[Si](OCC[N@]1CC1C(=O)OCc1ccccc1)(c1ccccc1)c1ccccc1. The van der Waals surface area contributed by atoms with Crippen LogP contribution in [-0.2, 0) is 20.6 Å². The Morgan fingerprint density at radius 2 is 1.39 bits per heavy atom. The van der Waals surface area contributed by atoms with Gasteiger partial charge in [0.25, 0.3) is 8.32 Å². The summed E-state index contributed by atoms with van der Waals surface area (Å²) >= 11 is 0. The van der Waals surface area contributed by atoms with Crippen LogP contribution in [-0.4, -0.2) is 44.9 Å². The van der Waals surface area contributed by atoms with Gasteiger partial charge in [0.15, 0.2) is 0 Å². The molecule has 4 rings (SSSR count). The maximum Gasteiger partial charge on any atom is 0.325 e. The van der Waals surface area contributed by atoms with Crippen molar-refractivity contribution in [3.63, 3.8) is 0 Å². The molecular formula is C28H33NO3Si. The van der Waals surface area contributed by atoms with Crippen LogP contribution in [0.25, 0.3) is 0 Å². The molecule has 0 amide bonds. The highest BCUT2D eigenvalue weighted by molar-refractivity contribution is 6.99. The summed E-state index contributed by atoms with van der Waals surface area (Å²) < 4.78 is 12.4. The van der Waals surface area contributed by atoms with E-state index in [0.717, 1.165) is 18.7 Å². The van der Waals surface area contributed by atoms with E-state index >= 15 is 0 Å². The number of rotatable bonds is 9. The Labute approximate surface area is 198 Å². The second-order valence-electron chi connectivity index (χ2n) is 9.62. The van der Waals surface area contributed by atoms with Gasteiger partial charge in [-0.05, 0) is 21.0 Å². The molecule has 1 saturated heterocycles. The van der Waals surface area contributed by atoms with Crippen molar-refractivity contribution in [1.29, 1.82) is 0 Å². The van der Waals surface area contributed by atoms with Crippen LogP contribution in [0, 0.1) is 0 Å². The van der Waals surface area contributed by atoms with E-state index in [1.165, 1.54) is 10.4 Å². The van der Waals surface area contributed by atoms with Crippen LogP contribution in [0.5, 0.6) is 0 Å². The number of hydrogen-bond donors (Lipinski definition) is 0. The first kappa shape index (κ1) is 23.4. The fourth-order valence-electron chi connectivity index (χ4n) is 4.55. The molecule has 1 aliphatic rings. The zero-order chi connectivity index (χ0) is 23.3. The van der Waals surface area contributed by atoms with Crippen LogP contribution < -0.4 is 10.4 Å². The minimum atomic E-state index is -2.54. The molecule has 0 saturated carbocycles. The summed E-state index contributed by atoms with van der Waals surface area (Å²) in [6.45, 7) is 9.19. The molecule has 3 aromatic rings. The normalized spacial score (nSPS) is 18.0. The molecule has 3 aromatic carbocycles. The van der Waals surface area contributed by atoms with Gasteiger partial charge in [-0.1, -0.05) is 112 Å². The van der Waals surface area contributed by atoms with Crippen LogP contribution in [0.1, 0.15) is 26.3 Å². The average Bonchev–Trinajstić information content (AvgIpc) is 3.61. The molecule has 1 heterocycles. The summed E-state index contributed by atoms with van der Waals surface area (Å²) in [6, 6.07) is 30.9. The van der Waals surface area contributed by atoms with Gasteiger partial charge < -0.3 is 9.16 Å². The molecular weight excluding hydrogens is 426 g/mol. The first-order valence-corrected chi connectivity index (χ1v) is 13.5. The van der Waals surface area contributed by atoms with Crippen LogP contribution in [0.4, 0.5) is 0 Å². The van der Waals surface area contributed by atoms with E-state index in [0.29, 0.717) is 13.2 Å². The summed E-state index contributed by atoms with van der Waals surface area (Å²) in [5.74, 6) is -0.149. The molecule has 1 unspecified atom stereocenters. The Morgan fingerprint density at radius 1 is 0.879 bits per heavy atom. The Bertz CT molecular complexity index is 996. The molecule has 1 fully saturated rings. The Kier molecular flexibility index (Phi) is 7.13. The van der Waals surface area contributed by atoms with Crippen LogP contribution in [0.15, 0.2) is 91.0 Å². The lowest BCUT2D eigenvalue weighted by molar-refractivity contribution is -0.145. The zero-order valence-electron chi connectivity index (χ0n) is 19.7. The zero-order valence-corrected chi connectivity index (χ0v) is 20.7. The van der Waals surface area contributed by atoms with E-state index in [1.807, 2.05) is 30.3 Å². The Hall–Kier alpha value is -2.73. The molecule has 33 heavy (non-hydrogen) atoms.